The topological polar surface area (TPSA) is 47.4 Å². The molecule has 0 atom stereocenters. The van der Waals surface area contributed by atoms with Gasteiger partial charge in [-0.15, -0.1) is 0 Å². The fourth-order valence-corrected chi connectivity index (χ4v) is 1.66. The third-order valence-corrected chi connectivity index (χ3v) is 2.77. The van der Waals surface area contributed by atoms with Crippen molar-refractivity contribution in [3.05, 3.63) is 47.2 Å². The van der Waals surface area contributed by atoms with Crippen molar-refractivity contribution in [3.8, 4) is 5.75 Å². The number of aromatic nitrogens is 2. The van der Waals surface area contributed by atoms with Crippen LogP contribution in [-0.2, 0) is 6.73 Å². The maximum absolute atomic E-state index is 11.7. The van der Waals surface area contributed by atoms with Crippen molar-refractivity contribution in [1.29, 1.82) is 0 Å². The van der Waals surface area contributed by atoms with E-state index in [1.54, 1.807) is 43.2 Å². The zero-order chi connectivity index (χ0) is 13.8. The third kappa shape index (κ3) is 3.26. The van der Waals surface area contributed by atoms with Crippen molar-refractivity contribution in [1.82, 2.24) is 14.7 Å². The molecule has 6 heteroatoms. The van der Waals surface area contributed by atoms with E-state index >= 15 is 0 Å². The van der Waals surface area contributed by atoms with Gasteiger partial charge in [-0.05, 0) is 18.2 Å². The first-order chi connectivity index (χ1) is 9.08. The fourth-order valence-electron chi connectivity index (χ4n) is 1.47. The van der Waals surface area contributed by atoms with Crippen LogP contribution >= 0.6 is 11.6 Å². The Balaban J connectivity index is 2.01. The van der Waals surface area contributed by atoms with Crippen molar-refractivity contribution in [3.63, 3.8) is 0 Å². The number of amides is 1. The highest BCUT2D eigenvalue weighted by molar-refractivity contribution is 6.32. The van der Waals surface area contributed by atoms with Crippen LogP contribution in [0, 0.1) is 0 Å². The number of carbonyl (C=O) groups is 1. The largest absolute Gasteiger partial charge is 0.470 e. The van der Waals surface area contributed by atoms with Gasteiger partial charge in [-0.2, -0.15) is 5.10 Å². The number of hydrogen-bond donors (Lipinski definition) is 0. The molecule has 0 aliphatic heterocycles. The summed E-state index contributed by atoms with van der Waals surface area (Å²) >= 11 is 5.97. The summed E-state index contributed by atoms with van der Waals surface area (Å²) in [4.78, 5) is 13.1. The lowest BCUT2D eigenvalue weighted by atomic mass is 10.3. The van der Waals surface area contributed by atoms with E-state index in [0.717, 1.165) is 0 Å². The van der Waals surface area contributed by atoms with Crippen LogP contribution in [0.25, 0.3) is 0 Å². The second kappa shape index (κ2) is 5.75. The number of nitrogens with zero attached hydrogens (tertiary/aromatic N) is 3. The van der Waals surface area contributed by atoms with Crippen LogP contribution in [0.3, 0.4) is 0 Å². The second-order valence-corrected chi connectivity index (χ2v) is 4.55. The molecular formula is C13H14ClN3O2. The summed E-state index contributed by atoms with van der Waals surface area (Å²) in [5.74, 6) is 0.441. The predicted octanol–water partition coefficient (Wildman–Crippen LogP) is 2.27. The van der Waals surface area contributed by atoms with Crippen LogP contribution in [0.1, 0.15) is 10.5 Å². The van der Waals surface area contributed by atoms with Crippen molar-refractivity contribution in [2.75, 3.05) is 14.1 Å². The summed E-state index contributed by atoms with van der Waals surface area (Å²) in [7, 11) is 3.36. The molecule has 0 radical (unpaired) electrons. The normalized spacial score (nSPS) is 10.3. The molecule has 0 bridgehead atoms. The van der Waals surface area contributed by atoms with E-state index in [1.807, 2.05) is 12.1 Å². The summed E-state index contributed by atoms with van der Waals surface area (Å²) in [6.45, 7) is 0.199. The molecule has 2 aromatic rings. The van der Waals surface area contributed by atoms with E-state index in [0.29, 0.717) is 16.5 Å². The predicted molar refractivity (Wildman–Crippen MR) is 72.3 cm³/mol. The average molecular weight is 280 g/mol. The highest BCUT2D eigenvalue weighted by Crippen LogP contribution is 2.23. The number of carbonyl (C=O) groups excluding carboxylic acids is 1. The molecule has 1 amide bonds. The Kier molecular flexibility index (Phi) is 4.06. The molecule has 19 heavy (non-hydrogen) atoms. The Labute approximate surface area is 116 Å². The summed E-state index contributed by atoms with van der Waals surface area (Å²) in [6.07, 6.45) is 1.69. The maximum Gasteiger partial charge on any atom is 0.273 e. The van der Waals surface area contributed by atoms with Gasteiger partial charge in [0, 0.05) is 20.3 Å². The Morgan fingerprint density at radius 3 is 2.79 bits per heavy atom. The minimum atomic E-state index is -0.142. The lowest BCUT2D eigenvalue weighted by Crippen LogP contribution is -2.22. The van der Waals surface area contributed by atoms with Crippen LogP contribution in [0.15, 0.2) is 36.5 Å². The molecule has 0 aliphatic rings. The zero-order valence-corrected chi connectivity index (χ0v) is 11.5. The number of ether oxygens (including phenoxy) is 1. The van der Waals surface area contributed by atoms with Gasteiger partial charge in [0.15, 0.2) is 6.73 Å². The minimum Gasteiger partial charge on any atom is -0.470 e. The van der Waals surface area contributed by atoms with Crippen molar-refractivity contribution in [2.45, 2.75) is 6.73 Å². The number of rotatable bonds is 4. The van der Waals surface area contributed by atoms with Gasteiger partial charge in [-0.3, -0.25) is 4.79 Å². The van der Waals surface area contributed by atoms with Gasteiger partial charge in [-0.1, -0.05) is 23.7 Å². The van der Waals surface area contributed by atoms with Crippen LogP contribution in [-0.4, -0.2) is 34.7 Å². The van der Waals surface area contributed by atoms with Crippen LogP contribution in [0.4, 0.5) is 0 Å². The van der Waals surface area contributed by atoms with Gasteiger partial charge >= 0.3 is 0 Å². The Bertz CT molecular complexity index is 581. The number of hydrogen-bond acceptors (Lipinski definition) is 3. The number of para-hydroxylation sites is 1. The maximum atomic E-state index is 11.7. The van der Waals surface area contributed by atoms with Gasteiger partial charge < -0.3 is 9.64 Å². The van der Waals surface area contributed by atoms with Gasteiger partial charge in [0.2, 0.25) is 0 Å². The van der Waals surface area contributed by atoms with Crippen LogP contribution in [0.2, 0.25) is 5.02 Å². The quantitative estimate of drug-likeness (QED) is 0.863. The van der Waals surface area contributed by atoms with Crippen molar-refractivity contribution < 1.29 is 9.53 Å². The lowest BCUT2D eigenvalue weighted by Gasteiger charge is -2.08. The fraction of sp³-hybridized carbons (Fsp3) is 0.231. The first kappa shape index (κ1) is 13.4. The molecule has 1 heterocycles. The van der Waals surface area contributed by atoms with E-state index < -0.39 is 0 Å². The number of benzene rings is 1. The zero-order valence-electron chi connectivity index (χ0n) is 10.7. The Hall–Kier alpha value is -2.01. The van der Waals surface area contributed by atoms with E-state index in [2.05, 4.69) is 5.10 Å². The SMILES string of the molecule is CN(C)C(=O)c1ccn(COc2ccccc2Cl)n1. The lowest BCUT2D eigenvalue weighted by molar-refractivity contribution is 0.0820. The van der Waals surface area contributed by atoms with Gasteiger partial charge in [0.1, 0.15) is 11.4 Å². The molecule has 0 saturated heterocycles. The average Bonchev–Trinajstić information content (AvgIpc) is 2.85. The first-order valence-corrected chi connectivity index (χ1v) is 6.08. The molecule has 1 aromatic heterocycles. The molecular weight excluding hydrogens is 266 g/mol. The molecule has 0 unspecified atom stereocenters. The van der Waals surface area contributed by atoms with Crippen LogP contribution < -0.4 is 4.74 Å². The van der Waals surface area contributed by atoms with Gasteiger partial charge in [0.05, 0.1) is 5.02 Å². The third-order valence-electron chi connectivity index (χ3n) is 2.45. The summed E-state index contributed by atoms with van der Waals surface area (Å²) < 4.78 is 7.06. The van der Waals surface area contributed by atoms with E-state index in [1.165, 1.54) is 4.90 Å². The van der Waals surface area contributed by atoms with E-state index in [4.69, 9.17) is 16.3 Å². The monoisotopic (exact) mass is 279 g/mol. The first-order valence-electron chi connectivity index (χ1n) is 5.70. The van der Waals surface area contributed by atoms with Gasteiger partial charge in [0.25, 0.3) is 5.91 Å². The molecule has 0 saturated carbocycles. The highest BCUT2D eigenvalue weighted by atomic mass is 35.5. The molecule has 0 N–H and O–H groups in total. The molecule has 5 nitrogen and oxygen atoms in total. The summed E-state index contributed by atoms with van der Waals surface area (Å²) in [6, 6.07) is 8.85. The highest BCUT2D eigenvalue weighted by Gasteiger charge is 2.11. The second-order valence-electron chi connectivity index (χ2n) is 4.14. The van der Waals surface area contributed by atoms with E-state index in [9.17, 15) is 4.79 Å². The van der Waals surface area contributed by atoms with Crippen LogP contribution in [0.5, 0.6) is 5.75 Å². The Morgan fingerprint density at radius 1 is 1.37 bits per heavy atom. The number of halogens is 1. The molecule has 2 rings (SSSR count). The summed E-state index contributed by atoms with van der Waals surface area (Å²) in [5.41, 5.74) is 0.382. The van der Waals surface area contributed by atoms with E-state index in [-0.39, 0.29) is 12.6 Å². The Morgan fingerprint density at radius 2 is 2.11 bits per heavy atom. The molecule has 1 aromatic carbocycles. The molecule has 0 aliphatic carbocycles. The van der Waals surface area contributed by atoms with Crippen molar-refractivity contribution in [2.24, 2.45) is 0 Å². The molecule has 100 valence electrons. The molecule has 0 spiro atoms. The van der Waals surface area contributed by atoms with Gasteiger partial charge in [-0.25, -0.2) is 4.68 Å². The smallest absolute Gasteiger partial charge is 0.273 e. The van der Waals surface area contributed by atoms with Crippen molar-refractivity contribution >= 4 is 17.5 Å². The molecule has 0 fully saturated rings. The summed E-state index contributed by atoms with van der Waals surface area (Å²) in [5, 5.41) is 4.67. The standard InChI is InChI=1S/C13H14ClN3O2/c1-16(2)13(18)11-7-8-17(15-11)9-19-12-6-4-3-5-10(12)14/h3-8H,9H2,1-2H3. The minimum absolute atomic E-state index is 0.142.